The summed E-state index contributed by atoms with van der Waals surface area (Å²) in [5.74, 6) is 0. The van der Waals surface area contributed by atoms with Crippen LogP contribution in [0.3, 0.4) is 0 Å². The van der Waals surface area contributed by atoms with E-state index in [1.807, 2.05) is 13.0 Å². The van der Waals surface area contributed by atoms with E-state index in [1.165, 1.54) is 22.5 Å². The molecule has 0 amide bonds. The Morgan fingerprint density at radius 1 is 1.43 bits per heavy atom. The van der Waals surface area contributed by atoms with Crippen LogP contribution in [0.25, 0.3) is 0 Å². The number of nitrogens with zero attached hydrogens (tertiary/aromatic N) is 3. The first kappa shape index (κ1) is 16.2. The molecule has 1 aromatic carbocycles. The number of nitriles is 1. The SMILES string of the molecule is CCN1CCN(S(=O)(=O)c2ccc(C#N)c(Cl)c2)CC1C. The van der Waals surface area contributed by atoms with Crippen molar-refractivity contribution in [2.24, 2.45) is 0 Å². The number of likely N-dealkylation sites (N-methyl/N-ethyl adjacent to an activating group) is 1. The van der Waals surface area contributed by atoms with Crippen molar-refractivity contribution in [1.82, 2.24) is 9.21 Å². The molecule has 1 atom stereocenters. The maximum Gasteiger partial charge on any atom is 0.243 e. The molecule has 21 heavy (non-hydrogen) atoms. The van der Waals surface area contributed by atoms with Crippen molar-refractivity contribution < 1.29 is 8.42 Å². The number of hydrogen-bond donors (Lipinski definition) is 0. The molecule has 114 valence electrons. The molecule has 1 aromatic rings. The van der Waals surface area contributed by atoms with E-state index in [0.29, 0.717) is 13.1 Å². The van der Waals surface area contributed by atoms with Gasteiger partial charge in [0.25, 0.3) is 0 Å². The van der Waals surface area contributed by atoms with Gasteiger partial charge in [0.15, 0.2) is 0 Å². The fourth-order valence-electron chi connectivity index (χ4n) is 2.55. The van der Waals surface area contributed by atoms with Gasteiger partial charge in [-0.05, 0) is 31.7 Å². The zero-order chi connectivity index (χ0) is 15.6. The maximum atomic E-state index is 12.6. The number of halogens is 1. The highest BCUT2D eigenvalue weighted by Gasteiger charge is 2.31. The Kier molecular flexibility index (Phi) is 4.89. The first-order valence-corrected chi connectivity index (χ1v) is 8.65. The Bertz CT molecular complexity index is 669. The van der Waals surface area contributed by atoms with Crippen LogP contribution in [-0.2, 0) is 10.0 Å². The van der Waals surface area contributed by atoms with Crippen molar-refractivity contribution >= 4 is 21.6 Å². The molecule has 0 radical (unpaired) electrons. The summed E-state index contributed by atoms with van der Waals surface area (Å²) < 4.78 is 26.8. The predicted octanol–water partition coefficient (Wildman–Crippen LogP) is 1.93. The lowest BCUT2D eigenvalue weighted by atomic mass is 10.2. The van der Waals surface area contributed by atoms with E-state index in [4.69, 9.17) is 16.9 Å². The summed E-state index contributed by atoms with van der Waals surface area (Å²) in [5.41, 5.74) is 0.278. The quantitative estimate of drug-likeness (QED) is 0.851. The fourth-order valence-corrected chi connectivity index (χ4v) is 4.37. The molecule has 1 unspecified atom stereocenters. The van der Waals surface area contributed by atoms with Gasteiger partial charge in [0, 0.05) is 25.7 Å². The van der Waals surface area contributed by atoms with Gasteiger partial charge in [-0.15, -0.1) is 0 Å². The molecule has 1 fully saturated rings. The highest BCUT2D eigenvalue weighted by Crippen LogP contribution is 2.24. The lowest BCUT2D eigenvalue weighted by Gasteiger charge is -2.38. The Labute approximate surface area is 130 Å². The summed E-state index contributed by atoms with van der Waals surface area (Å²) in [7, 11) is -3.56. The highest BCUT2D eigenvalue weighted by molar-refractivity contribution is 7.89. The predicted molar refractivity (Wildman–Crippen MR) is 81.6 cm³/mol. The normalized spacial score (nSPS) is 21.1. The number of rotatable bonds is 3. The molecule has 0 bridgehead atoms. The van der Waals surface area contributed by atoms with Crippen molar-refractivity contribution in [2.45, 2.75) is 24.8 Å². The lowest BCUT2D eigenvalue weighted by Crippen LogP contribution is -2.53. The number of piperazine rings is 1. The minimum Gasteiger partial charge on any atom is -0.298 e. The van der Waals surface area contributed by atoms with E-state index in [9.17, 15) is 8.42 Å². The van der Waals surface area contributed by atoms with E-state index in [1.54, 1.807) is 0 Å². The van der Waals surface area contributed by atoms with Gasteiger partial charge < -0.3 is 0 Å². The van der Waals surface area contributed by atoms with E-state index in [2.05, 4.69) is 11.8 Å². The number of hydrogen-bond acceptors (Lipinski definition) is 4. The Balaban J connectivity index is 2.27. The van der Waals surface area contributed by atoms with E-state index < -0.39 is 10.0 Å². The second kappa shape index (κ2) is 6.32. The summed E-state index contributed by atoms with van der Waals surface area (Å²) in [5, 5.41) is 9.02. The minimum atomic E-state index is -3.56. The summed E-state index contributed by atoms with van der Waals surface area (Å²) in [6.45, 7) is 6.67. The zero-order valence-electron chi connectivity index (χ0n) is 12.1. The van der Waals surface area contributed by atoms with Crippen molar-refractivity contribution in [3.63, 3.8) is 0 Å². The Morgan fingerprint density at radius 3 is 2.67 bits per heavy atom. The number of sulfonamides is 1. The van der Waals surface area contributed by atoms with Gasteiger partial charge in [-0.3, -0.25) is 4.90 Å². The van der Waals surface area contributed by atoms with Gasteiger partial charge in [0.05, 0.1) is 15.5 Å². The average molecular weight is 328 g/mol. The molecular weight excluding hydrogens is 310 g/mol. The third kappa shape index (κ3) is 3.22. The van der Waals surface area contributed by atoms with E-state index in [0.717, 1.165) is 13.1 Å². The largest absolute Gasteiger partial charge is 0.298 e. The van der Waals surface area contributed by atoms with Crippen LogP contribution in [0.1, 0.15) is 19.4 Å². The van der Waals surface area contributed by atoms with Crippen molar-refractivity contribution in [2.75, 3.05) is 26.2 Å². The summed E-state index contributed by atoms with van der Waals surface area (Å²) in [6.07, 6.45) is 0. The molecule has 7 heteroatoms. The molecule has 0 N–H and O–H groups in total. The van der Waals surface area contributed by atoms with E-state index >= 15 is 0 Å². The zero-order valence-corrected chi connectivity index (χ0v) is 13.7. The maximum absolute atomic E-state index is 12.6. The van der Waals surface area contributed by atoms with Gasteiger partial charge in [0.1, 0.15) is 6.07 Å². The van der Waals surface area contributed by atoms with Gasteiger partial charge in [-0.25, -0.2) is 8.42 Å². The molecule has 0 saturated carbocycles. The van der Waals surface area contributed by atoms with Crippen molar-refractivity contribution in [3.8, 4) is 6.07 Å². The van der Waals surface area contributed by atoms with Crippen molar-refractivity contribution in [3.05, 3.63) is 28.8 Å². The third-order valence-corrected chi connectivity index (χ3v) is 6.01. The van der Waals surface area contributed by atoms with Gasteiger partial charge in [0.2, 0.25) is 10.0 Å². The van der Waals surface area contributed by atoms with Crippen LogP contribution < -0.4 is 0 Å². The standard InChI is InChI=1S/C14H18ClN3O2S/c1-3-17-6-7-18(10-11(17)2)21(19,20)13-5-4-12(9-16)14(15)8-13/h4-5,8,11H,3,6-7,10H2,1-2H3. The van der Waals surface area contributed by atoms with Crippen molar-refractivity contribution in [1.29, 1.82) is 5.26 Å². The van der Waals surface area contributed by atoms with Crippen LogP contribution in [0.15, 0.2) is 23.1 Å². The smallest absolute Gasteiger partial charge is 0.243 e. The molecule has 0 aromatic heterocycles. The topological polar surface area (TPSA) is 64.4 Å². The molecule has 2 rings (SSSR count). The second-order valence-corrected chi connectivity index (χ2v) is 7.44. The Morgan fingerprint density at radius 2 is 2.14 bits per heavy atom. The second-order valence-electron chi connectivity index (χ2n) is 5.09. The minimum absolute atomic E-state index is 0.142. The summed E-state index contributed by atoms with van der Waals surface area (Å²) in [6, 6.07) is 6.35. The highest BCUT2D eigenvalue weighted by atomic mass is 35.5. The molecule has 0 spiro atoms. The van der Waals surface area contributed by atoms with Gasteiger partial charge in [-0.1, -0.05) is 18.5 Å². The van der Waals surface area contributed by atoms with Crippen LogP contribution in [0.4, 0.5) is 0 Å². The van der Waals surface area contributed by atoms with E-state index in [-0.39, 0.29) is 21.5 Å². The monoisotopic (exact) mass is 327 g/mol. The summed E-state index contributed by atoms with van der Waals surface area (Å²) in [4.78, 5) is 2.39. The molecule has 1 aliphatic heterocycles. The molecule has 1 saturated heterocycles. The lowest BCUT2D eigenvalue weighted by molar-refractivity contribution is 0.135. The van der Waals surface area contributed by atoms with Crippen LogP contribution in [0.5, 0.6) is 0 Å². The van der Waals surface area contributed by atoms with Gasteiger partial charge >= 0.3 is 0 Å². The van der Waals surface area contributed by atoms with Crippen LogP contribution >= 0.6 is 11.6 Å². The average Bonchev–Trinajstić information content (AvgIpc) is 2.47. The molecule has 0 aliphatic carbocycles. The van der Waals surface area contributed by atoms with Crippen LogP contribution in [0.2, 0.25) is 5.02 Å². The van der Waals surface area contributed by atoms with Crippen LogP contribution in [-0.4, -0.2) is 49.8 Å². The first-order valence-electron chi connectivity index (χ1n) is 6.84. The first-order chi connectivity index (χ1) is 9.90. The molecule has 1 aliphatic rings. The summed E-state index contributed by atoms with van der Waals surface area (Å²) >= 11 is 5.94. The molecule has 1 heterocycles. The van der Waals surface area contributed by atoms with Gasteiger partial charge in [-0.2, -0.15) is 9.57 Å². The third-order valence-electron chi connectivity index (χ3n) is 3.83. The fraction of sp³-hybridized carbons (Fsp3) is 0.500. The number of benzene rings is 1. The molecule has 5 nitrogen and oxygen atoms in total. The van der Waals surface area contributed by atoms with Crippen LogP contribution in [0, 0.1) is 11.3 Å². The Hall–Kier alpha value is -1.13. The molecular formula is C14H18ClN3O2S.